The fourth-order valence-corrected chi connectivity index (χ4v) is 2.80. The van der Waals surface area contributed by atoms with E-state index in [1.165, 1.54) is 0 Å². The summed E-state index contributed by atoms with van der Waals surface area (Å²) in [6.45, 7) is 8.58. The molecule has 0 radical (unpaired) electrons. The smallest absolute Gasteiger partial charge is 0.251 e. The molecule has 0 unspecified atom stereocenters. The van der Waals surface area contributed by atoms with Crippen LogP contribution >= 0.6 is 0 Å². The number of hydrogen-bond acceptors (Lipinski definition) is 6. The van der Waals surface area contributed by atoms with Crippen LogP contribution in [0.25, 0.3) is 22.3 Å². The van der Waals surface area contributed by atoms with Gasteiger partial charge in [-0.15, -0.1) is 0 Å². The van der Waals surface area contributed by atoms with Gasteiger partial charge in [-0.25, -0.2) is 9.97 Å². The Morgan fingerprint density at radius 1 is 1.07 bits per heavy atom. The topological polar surface area (TPSA) is 103 Å². The van der Waals surface area contributed by atoms with Gasteiger partial charge in [0, 0.05) is 17.7 Å². The Hall–Kier alpha value is -3.22. The predicted molar refractivity (Wildman–Crippen MR) is 115 cm³/mol. The maximum atomic E-state index is 12.2. The molecule has 3 aromatic rings. The van der Waals surface area contributed by atoms with Crippen molar-refractivity contribution in [3.63, 3.8) is 0 Å². The highest BCUT2D eigenvalue weighted by atomic mass is 16.5. The molecular weight excluding hydrogens is 366 g/mol. The van der Waals surface area contributed by atoms with E-state index in [0.717, 1.165) is 24.1 Å². The zero-order valence-corrected chi connectivity index (χ0v) is 17.3. The van der Waals surface area contributed by atoms with Crippen LogP contribution in [0.1, 0.15) is 50.9 Å². The number of aromatic nitrogens is 3. The Labute approximate surface area is 170 Å². The second-order valence-corrected chi connectivity index (χ2v) is 7.85. The van der Waals surface area contributed by atoms with E-state index in [-0.39, 0.29) is 11.9 Å². The highest BCUT2D eigenvalue weighted by Crippen LogP contribution is 2.28. The SMILES string of the molecule is CCCCNC(=O)c1ccc(-c2ccc3nc(N)nc(OC(C)(C)C)c3n2)cc1. The zero-order chi connectivity index (χ0) is 21.0. The number of amides is 1. The third-order valence-corrected chi connectivity index (χ3v) is 4.19. The molecule has 1 amide bonds. The van der Waals surface area contributed by atoms with Crippen LogP contribution in [-0.2, 0) is 0 Å². The van der Waals surface area contributed by atoms with E-state index in [9.17, 15) is 4.79 Å². The lowest BCUT2D eigenvalue weighted by Gasteiger charge is -2.21. The summed E-state index contributed by atoms with van der Waals surface area (Å²) in [5.74, 6) is 0.430. The van der Waals surface area contributed by atoms with E-state index in [4.69, 9.17) is 15.5 Å². The number of unbranched alkanes of at least 4 members (excludes halogenated alkanes) is 1. The predicted octanol–water partition coefficient (Wildman–Crippen LogP) is 3.98. The first-order valence-corrected chi connectivity index (χ1v) is 9.79. The van der Waals surface area contributed by atoms with Crippen LogP contribution in [0.2, 0.25) is 0 Å². The third-order valence-electron chi connectivity index (χ3n) is 4.19. The number of rotatable bonds is 6. The molecule has 7 nitrogen and oxygen atoms in total. The quantitative estimate of drug-likeness (QED) is 0.614. The molecule has 2 aromatic heterocycles. The van der Waals surface area contributed by atoms with Crippen molar-refractivity contribution in [2.45, 2.75) is 46.1 Å². The van der Waals surface area contributed by atoms with Gasteiger partial charge in [0.15, 0.2) is 5.52 Å². The largest absolute Gasteiger partial charge is 0.470 e. The Morgan fingerprint density at radius 3 is 2.45 bits per heavy atom. The third kappa shape index (κ3) is 5.19. The fraction of sp³-hybridized carbons (Fsp3) is 0.364. The van der Waals surface area contributed by atoms with Crippen LogP contribution in [0.4, 0.5) is 5.95 Å². The first kappa shape index (κ1) is 20.5. The normalized spacial score (nSPS) is 11.4. The molecule has 29 heavy (non-hydrogen) atoms. The number of ether oxygens (including phenoxy) is 1. The summed E-state index contributed by atoms with van der Waals surface area (Å²) in [5, 5.41) is 2.92. The number of pyridine rings is 1. The number of fused-ring (bicyclic) bond motifs is 1. The van der Waals surface area contributed by atoms with Crippen molar-refractivity contribution in [3.05, 3.63) is 42.0 Å². The number of hydrogen-bond donors (Lipinski definition) is 2. The summed E-state index contributed by atoms with van der Waals surface area (Å²) < 4.78 is 5.94. The monoisotopic (exact) mass is 393 g/mol. The van der Waals surface area contributed by atoms with Crippen molar-refractivity contribution < 1.29 is 9.53 Å². The van der Waals surface area contributed by atoms with Gasteiger partial charge >= 0.3 is 0 Å². The van der Waals surface area contributed by atoms with Gasteiger partial charge in [-0.05, 0) is 51.5 Å². The van der Waals surface area contributed by atoms with Crippen LogP contribution in [0.15, 0.2) is 36.4 Å². The lowest BCUT2D eigenvalue weighted by molar-refractivity contribution is 0.0953. The van der Waals surface area contributed by atoms with E-state index in [1.807, 2.05) is 45.0 Å². The standard InChI is InChI=1S/C22H27N5O2/c1-5-6-13-24-19(28)15-9-7-14(8-10-15)16-11-12-17-18(25-16)20(27-21(23)26-17)29-22(2,3)4/h7-12H,5-6,13H2,1-4H3,(H,24,28)(H2,23,26,27). The molecule has 0 aliphatic rings. The summed E-state index contributed by atoms with van der Waals surface area (Å²) in [5.41, 5.74) is 8.78. The van der Waals surface area contributed by atoms with Crippen LogP contribution in [0, 0.1) is 0 Å². The molecule has 0 aliphatic carbocycles. The highest BCUT2D eigenvalue weighted by molar-refractivity contribution is 5.94. The summed E-state index contributed by atoms with van der Waals surface area (Å²) in [6, 6.07) is 11.1. The van der Waals surface area contributed by atoms with Gasteiger partial charge in [0.1, 0.15) is 5.60 Å². The van der Waals surface area contributed by atoms with Gasteiger partial charge in [0.25, 0.3) is 5.91 Å². The van der Waals surface area contributed by atoms with Gasteiger partial charge in [0.05, 0.1) is 11.2 Å². The molecule has 7 heteroatoms. The number of carbonyl (C=O) groups excluding carboxylic acids is 1. The summed E-state index contributed by atoms with van der Waals surface area (Å²) in [7, 11) is 0. The number of carbonyl (C=O) groups is 1. The number of nitrogen functional groups attached to an aromatic ring is 1. The lowest BCUT2D eigenvalue weighted by atomic mass is 10.1. The van der Waals surface area contributed by atoms with Crippen molar-refractivity contribution in [1.29, 1.82) is 0 Å². The van der Waals surface area contributed by atoms with E-state index in [2.05, 4.69) is 22.2 Å². The first-order chi connectivity index (χ1) is 13.8. The molecule has 0 aliphatic heterocycles. The molecule has 0 saturated heterocycles. The Morgan fingerprint density at radius 2 is 1.79 bits per heavy atom. The van der Waals surface area contributed by atoms with Crippen molar-refractivity contribution in [1.82, 2.24) is 20.3 Å². The second-order valence-electron chi connectivity index (χ2n) is 7.85. The molecule has 0 saturated carbocycles. The Kier molecular flexibility index (Phi) is 5.96. The highest BCUT2D eigenvalue weighted by Gasteiger charge is 2.18. The second kappa shape index (κ2) is 8.43. The van der Waals surface area contributed by atoms with E-state index in [0.29, 0.717) is 29.0 Å². The molecule has 1 aromatic carbocycles. The molecule has 152 valence electrons. The lowest BCUT2D eigenvalue weighted by Crippen LogP contribution is -2.24. The molecule has 0 spiro atoms. The van der Waals surface area contributed by atoms with Crippen LogP contribution < -0.4 is 15.8 Å². The number of nitrogens with zero attached hydrogens (tertiary/aromatic N) is 3. The number of benzene rings is 1. The fourth-order valence-electron chi connectivity index (χ4n) is 2.80. The Balaban J connectivity index is 1.91. The van der Waals surface area contributed by atoms with Gasteiger partial charge in [-0.2, -0.15) is 4.98 Å². The summed E-state index contributed by atoms with van der Waals surface area (Å²) in [4.78, 5) is 25.3. The van der Waals surface area contributed by atoms with E-state index >= 15 is 0 Å². The molecule has 3 rings (SSSR count). The van der Waals surface area contributed by atoms with E-state index < -0.39 is 5.60 Å². The maximum absolute atomic E-state index is 12.2. The van der Waals surface area contributed by atoms with Gasteiger partial charge in [-0.3, -0.25) is 4.79 Å². The van der Waals surface area contributed by atoms with Gasteiger partial charge < -0.3 is 15.8 Å². The minimum Gasteiger partial charge on any atom is -0.470 e. The zero-order valence-electron chi connectivity index (χ0n) is 17.3. The van der Waals surface area contributed by atoms with Gasteiger partial charge in [0.2, 0.25) is 11.8 Å². The average molecular weight is 393 g/mol. The van der Waals surface area contributed by atoms with Crippen molar-refractivity contribution in [2.75, 3.05) is 12.3 Å². The molecular formula is C22H27N5O2. The van der Waals surface area contributed by atoms with Crippen LogP contribution in [-0.4, -0.2) is 33.0 Å². The minimum atomic E-state index is -0.446. The summed E-state index contributed by atoms with van der Waals surface area (Å²) >= 11 is 0. The van der Waals surface area contributed by atoms with Crippen molar-refractivity contribution >= 4 is 22.9 Å². The minimum absolute atomic E-state index is 0.0683. The number of nitrogens with one attached hydrogen (secondary N) is 1. The average Bonchev–Trinajstić information content (AvgIpc) is 2.66. The summed E-state index contributed by atoms with van der Waals surface area (Å²) in [6.07, 6.45) is 2.01. The molecule has 3 N–H and O–H groups in total. The van der Waals surface area contributed by atoms with Crippen LogP contribution in [0.5, 0.6) is 5.88 Å². The first-order valence-electron chi connectivity index (χ1n) is 9.79. The van der Waals surface area contributed by atoms with Crippen LogP contribution in [0.3, 0.4) is 0 Å². The molecule has 0 atom stereocenters. The molecule has 0 fully saturated rings. The number of anilines is 1. The van der Waals surface area contributed by atoms with Gasteiger partial charge in [-0.1, -0.05) is 25.5 Å². The number of nitrogens with two attached hydrogens (primary N) is 1. The molecule has 2 heterocycles. The van der Waals surface area contributed by atoms with Crippen molar-refractivity contribution in [3.8, 4) is 17.1 Å². The van der Waals surface area contributed by atoms with E-state index in [1.54, 1.807) is 12.1 Å². The molecule has 0 bridgehead atoms. The van der Waals surface area contributed by atoms with Crippen molar-refractivity contribution in [2.24, 2.45) is 0 Å². The maximum Gasteiger partial charge on any atom is 0.251 e. The Bertz CT molecular complexity index is 1010.